The summed E-state index contributed by atoms with van der Waals surface area (Å²) in [6, 6.07) is 8.10. The summed E-state index contributed by atoms with van der Waals surface area (Å²) in [5, 5.41) is 2.69. The predicted molar refractivity (Wildman–Crippen MR) is 73.3 cm³/mol. The van der Waals surface area contributed by atoms with Gasteiger partial charge in [0, 0.05) is 11.8 Å². The lowest BCUT2D eigenvalue weighted by molar-refractivity contribution is -0.118. The number of anilines is 1. The molecule has 0 atom stereocenters. The molecular formula is C15H14N2O2. The zero-order valence-electron chi connectivity index (χ0n) is 10.9. The maximum absolute atomic E-state index is 11.2. The summed E-state index contributed by atoms with van der Waals surface area (Å²) in [4.78, 5) is 15.5. The molecule has 3 rings (SSSR count). The van der Waals surface area contributed by atoms with E-state index in [4.69, 9.17) is 4.74 Å². The highest BCUT2D eigenvalue weighted by Gasteiger charge is 2.18. The van der Waals surface area contributed by atoms with Gasteiger partial charge in [-0.2, -0.15) is 0 Å². The first-order valence-electron chi connectivity index (χ1n) is 6.14. The number of fused-ring (bicyclic) bond motifs is 1. The van der Waals surface area contributed by atoms with Crippen LogP contribution >= 0.6 is 0 Å². The van der Waals surface area contributed by atoms with Crippen LogP contribution in [0.25, 0.3) is 11.1 Å². The summed E-state index contributed by atoms with van der Waals surface area (Å²) in [6.45, 7) is 4.22. The van der Waals surface area contributed by atoms with Crippen LogP contribution in [0.2, 0.25) is 0 Å². The Bertz CT molecular complexity index is 665. The number of rotatable bonds is 1. The number of pyridine rings is 1. The first kappa shape index (κ1) is 11.7. The lowest BCUT2D eigenvalue weighted by Gasteiger charge is -2.18. The Morgan fingerprint density at radius 1 is 1.32 bits per heavy atom. The summed E-state index contributed by atoms with van der Waals surface area (Å²) in [7, 11) is 0. The van der Waals surface area contributed by atoms with E-state index in [0.717, 1.165) is 11.1 Å². The smallest absolute Gasteiger partial charge is 0.263 e. The number of amides is 1. The quantitative estimate of drug-likeness (QED) is 0.851. The van der Waals surface area contributed by atoms with Crippen LogP contribution in [-0.2, 0) is 4.79 Å². The Kier molecular flexibility index (Phi) is 2.71. The third-order valence-corrected chi connectivity index (χ3v) is 3.38. The van der Waals surface area contributed by atoms with Crippen molar-refractivity contribution < 1.29 is 9.53 Å². The van der Waals surface area contributed by atoms with Crippen molar-refractivity contribution >= 4 is 11.7 Å². The molecule has 4 nitrogen and oxygen atoms in total. The number of hydrogen-bond acceptors (Lipinski definition) is 3. The molecule has 1 aliphatic heterocycles. The van der Waals surface area contributed by atoms with Crippen LogP contribution in [0.4, 0.5) is 5.82 Å². The summed E-state index contributed by atoms with van der Waals surface area (Å²) < 4.78 is 5.39. The molecule has 0 fully saturated rings. The average Bonchev–Trinajstić information content (AvgIpc) is 2.41. The molecule has 4 heteroatoms. The number of hydrogen-bond donors (Lipinski definition) is 1. The van der Waals surface area contributed by atoms with Gasteiger partial charge in [-0.15, -0.1) is 0 Å². The summed E-state index contributed by atoms with van der Waals surface area (Å²) >= 11 is 0. The van der Waals surface area contributed by atoms with E-state index in [1.807, 2.05) is 12.1 Å². The Hall–Kier alpha value is -2.36. The van der Waals surface area contributed by atoms with E-state index in [1.165, 1.54) is 11.1 Å². The minimum absolute atomic E-state index is 0.0466. The largest absolute Gasteiger partial charge is 0.480 e. The van der Waals surface area contributed by atoms with Crippen LogP contribution in [0.5, 0.6) is 5.75 Å². The summed E-state index contributed by atoms with van der Waals surface area (Å²) in [5.41, 5.74) is 4.60. The van der Waals surface area contributed by atoms with Crippen molar-refractivity contribution in [1.82, 2.24) is 4.98 Å². The lowest BCUT2D eigenvalue weighted by atomic mass is 9.98. The number of nitrogens with zero attached hydrogens (tertiary/aromatic N) is 1. The molecule has 0 spiro atoms. The molecule has 0 saturated carbocycles. The van der Waals surface area contributed by atoms with Gasteiger partial charge in [-0.25, -0.2) is 4.98 Å². The molecule has 1 aromatic carbocycles. The van der Waals surface area contributed by atoms with Crippen LogP contribution < -0.4 is 10.1 Å². The van der Waals surface area contributed by atoms with Crippen LogP contribution in [-0.4, -0.2) is 17.5 Å². The molecule has 19 heavy (non-hydrogen) atoms. The first-order chi connectivity index (χ1) is 9.15. The number of aryl methyl sites for hydroxylation is 1. The lowest BCUT2D eigenvalue weighted by Crippen LogP contribution is -2.26. The van der Waals surface area contributed by atoms with Crippen molar-refractivity contribution in [3.8, 4) is 16.9 Å². The van der Waals surface area contributed by atoms with E-state index < -0.39 is 0 Å². The second-order valence-corrected chi connectivity index (χ2v) is 4.66. The van der Waals surface area contributed by atoms with Gasteiger partial charge in [0.2, 0.25) is 0 Å². The number of aromatic nitrogens is 1. The van der Waals surface area contributed by atoms with Crippen molar-refractivity contribution in [1.29, 1.82) is 0 Å². The van der Waals surface area contributed by atoms with Crippen molar-refractivity contribution in [2.24, 2.45) is 0 Å². The Balaban J connectivity index is 2.07. The van der Waals surface area contributed by atoms with Crippen LogP contribution in [0, 0.1) is 13.8 Å². The van der Waals surface area contributed by atoms with E-state index in [-0.39, 0.29) is 12.5 Å². The number of ether oxygens (including phenoxy) is 1. The number of carbonyl (C=O) groups is 1. The molecular weight excluding hydrogens is 240 g/mol. The van der Waals surface area contributed by atoms with Gasteiger partial charge in [-0.3, -0.25) is 4.79 Å². The molecule has 0 bridgehead atoms. The predicted octanol–water partition coefficient (Wildman–Crippen LogP) is 2.70. The molecule has 0 saturated heterocycles. The molecule has 2 aromatic rings. The molecule has 0 aliphatic carbocycles. The fourth-order valence-corrected chi connectivity index (χ4v) is 2.17. The standard InChI is InChI=1S/C15H14N2O2/c1-9-4-3-5-12(10(9)2)11-6-13-15(16-7-11)17-14(18)8-19-13/h3-7H,8H2,1-2H3,(H,16,17,18). The van der Waals surface area contributed by atoms with Gasteiger partial charge in [0.05, 0.1) is 0 Å². The Labute approximate surface area is 111 Å². The van der Waals surface area contributed by atoms with E-state index in [9.17, 15) is 4.79 Å². The van der Waals surface area contributed by atoms with Gasteiger partial charge in [-0.1, -0.05) is 18.2 Å². The maximum atomic E-state index is 11.2. The van der Waals surface area contributed by atoms with Crippen molar-refractivity contribution in [2.45, 2.75) is 13.8 Å². The molecule has 2 heterocycles. The Morgan fingerprint density at radius 2 is 2.16 bits per heavy atom. The summed E-state index contributed by atoms with van der Waals surface area (Å²) in [5.74, 6) is 0.947. The van der Waals surface area contributed by atoms with Crippen molar-refractivity contribution in [3.05, 3.63) is 41.6 Å². The highest BCUT2D eigenvalue weighted by Crippen LogP contribution is 2.32. The minimum atomic E-state index is -0.167. The molecule has 1 amide bonds. The molecule has 1 aliphatic rings. The SMILES string of the molecule is Cc1cccc(-c2cnc3c(c2)OCC(=O)N3)c1C. The van der Waals surface area contributed by atoms with Crippen LogP contribution in [0.15, 0.2) is 30.5 Å². The maximum Gasteiger partial charge on any atom is 0.263 e. The number of carbonyl (C=O) groups excluding carboxylic acids is 1. The van der Waals surface area contributed by atoms with E-state index in [0.29, 0.717) is 11.6 Å². The fourth-order valence-electron chi connectivity index (χ4n) is 2.17. The van der Waals surface area contributed by atoms with Crippen molar-refractivity contribution in [2.75, 3.05) is 11.9 Å². The first-order valence-corrected chi connectivity index (χ1v) is 6.14. The van der Waals surface area contributed by atoms with E-state index >= 15 is 0 Å². The van der Waals surface area contributed by atoms with Gasteiger partial charge in [0.25, 0.3) is 5.91 Å². The third-order valence-electron chi connectivity index (χ3n) is 3.38. The van der Waals surface area contributed by atoms with Crippen molar-refractivity contribution in [3.63, 3.8) is 0 Å². The second kappa shape index (κ2) is 4.39. The van der Waals surface area contributed by atoms with Gasteiger partial charge in [0.15, 0.2) is 18.2 Å². The topological polar surface area (TPSA) is 51.2 Å². The van der Waals surface area contributed by atoms with E-state index in [2.05, 4.69) is 36.3 Å². The summed E-state index contributed by atoms with van der Waals surface area (Å²) in [6.07, 6.45) is 1.76. The Morgan fingerprint density at radius 3 is 3.00 bits per heavy atom. The van der Waals surface area contributed by atoms with E-state index in [1.54, 1.807) is 6.20 Å². The fraction of sp³-hybridized carbons (Fsp3) is 0.200. The zero-order chi connectivity index (χ0) is 13.4. The van der Waals surface area contributed by atoms with Gasteiger partial charge >= 0.3 is 0 Å². The third kappa shape index (κ3) is 2.05. The molecule has 1 N–H and O–H groups in total. The molecule has 1 aromatic heterocycles. The normalized spacial score (nSPS) is 13.5. The molecule has 0 unspecified atom stereocenters. The average molecular weight is 254 g/mol. The van der Waals surface area contributed by atoms with Gasteiger partial charge in [-0.05, 0) is 36.6 Å². The minimum Gasteiger partial charge on any atom is -0.480 e. The monoisotopic (exact) mass is 254 g/mol. The highest BCUT2D eigenvalue weighted by atomic mass is 16.5. The molecule has 96 valence electrons. The van der Waals surface area contributed by atoms with Crippen LogP contribution in [0.1, 0.15) is 11.1 Å². The van der Waals surface area contributed by atoms with Gasteiger partial charge in [0.1, 0.15) is 0 Å². The van der Waals surface area contributed by atoms with Crippen LogP contribution in [0.3, 0.4) is 0 Å². The zero-order valence-corrected chi connectivity index (χ0v) is 10.9. The highest BCUT2D eigenvalue weighted by molar-refractivity contribution is 5.94. The second-order valence-electron chi connectivity index (χ2n) is 4.66. The van der Waals surface area contributed by atoms with Gasteiger partial charge < -0.3 is 10.1 Å². The number of nitrogens with one attached hydrogen (secondary N) is 1. The number of benzene rings is 1. The molecule has 0 radical (unpaired) electrons.